The van der Waals surface area contributed by atoms with E-state index in [1.807, 2.05) is 0 Å². The van der Waals surface area contributed by atoms with E-state index in [9.17, 15) is 18.0 Å². The van der Waals surface area contributed by atoms with Crippen LogP contribution in [0.4, 0.5) is 0 Å². The summed E-state index contributed by atoms with van der Waals surface area (Å²) >= 11 is 0. The number of primary sulfonamides is 1. The molecule has 8 nitrogen and oxygen atoms in total. The summed E-state index contributed by atoms with van der Waals surface area (Å²) in [7, 11) is 0.371. The minimum absolute atomic E-state index is 0.115. The number of ether oxygens (including phenoxy) is 2. The van der Waals surface area contributed by atoms with Crippen molar-refractivity contribution in [1.29, 1.82) is 0 Å². The number of amides is 1. The van der Waals surface area contributed by atoms with Gasteiger partial charge < -0.3 is 14.4 Å². The monoisotopic (exact) mass is 316 g/mol. The van der Waals surface area contributed by atoms with E-state index in [1.54, 1.807) is 0 Å². The second kappa shape index (κ2) is 6.55. The highest BCUT2D eigenvalue weighted by molar-refractivity contribution is 7.89. The smallest absolute Gasteiger partial charge is 0.342 e. The van der Waals surface area contributed by atoms with Gasteiger partial charge in [0.25, 0.3) is 5.91 Å². The van der Waals surface area contributed by atoms with Crippen LogP contribution in [0.25, 0.3) is 0 Å². The first-order valence-electron chi connectivity index (χ1n) is 5.75. The van der Waals surface area contributed by atoms with Gasteiger partial charge >= 0.3 is 5.97 Å². The van der Waals surface area contributed by atoms with Crippen LogP contribution < -0.4 is 9.88 Å². The van der Waals surface area contributed by atoms with Gasteiger partial charge in [-0.15, -0.1) is 0 Å². The van der Waals surface area contributed by atoms with Gasteiger partial charge in [-0.2, -0.15) is 0 Å². The van der Waals surface area contributed by atoms with E-state index < -0.39 is 28.5 Å². The van der Waals surface area contributed by atoms with Gasteiger partial charge in [-0.05, 0) is 18.2 Å². The van der Waals surface area contributed by atoms with Crippen LogP contribution in [0.2, 0.25) is 0 Å². The summed E-state index contributed by atoms with van der Waals surface area (Å²) in [6.07, 6.45) is 0. The number of methoxy groups -OCH3 is 1. The molecular formula is C12H16N2O6S. The average molecular weight is 316 g/mol. The molecule has 0 fully saturated rings. The number of benzene rings is 1. The average Bonchev–Trinajstić information content (AvgIpc) is 2.42. The van der Waals surface area contributed by atoms with Crippen LogP contribution >= 0.6 is 0 Å². The zero-order valence-electron chi connectivity index (χ0n) is 11.8. The van der Waals surface area contributed by atoms with Crippen molar-refractivity contribution in [3.05, 3.63) is 23.8 Å². The summed E-state index contributed by atoms with van der Waals surface area (Å²) in [4.78, 5) is 24.3. The number of likely N-dealkylation sites (N-methyl/N-ethyl adjacent to an activating group) is 1. The Bertz CT molecular complexity index is 654. The maximum absolute atomic E-state index is 11.9. The number of esters is 1. The van der Waals surface area contributed by atoms with E-state index in [-0.39, 0.29) is 16.2 Å². The van der Waals surface area contributed by atoms with Crippen molar-refractivity contribution in [3.8, 4) is 5.75 Å². The molecule has 0 aromatic heterocycles. The summed E-state index contributed by atoms with van der Waals surface area (Å²) < 4.78 is 32.3. The molecule has 0 radical (unpaired) electrons. The lowest BCUT2D eigenvalue weighted by Gasteiger charge is -2.12. The topological polar surface area (TPSA) is 116 Å². The maximum Gasteiger partial charge on any atom is 0.342 e. The van der Waals surface area contributed by atoms with Crippen LogP contribution in [-0.4, -0.2) is 53.0 Å². The van der Waals surface area contributed by atoms with Crippen molar-refractivity contribution in [3.63, 3.8) is 0 Å². The van der Waals surface area contributed by atoms with E-state index >= 15 is 0 Å². The lowest BCUT2D eigenvalue weighted by Crippen LogP contribution is -2.27. The molecule has 0 saturated heterocycles. The third kappa shape index (κ3) is 4.43. The van der Waals surface area contributed by atoms with E-state index in [1.165, 1.54) is 38.2 Å². The van der Waals surface area contributed by atoms with Gasteiger partial charge in [0.2, 0.25) is 10.0 Å². The fourth-order valence-corrected chi connectivity index (χ4v) is 1.90. The first-order valence-corrected chi connectivity index (χ1v) is 7.29. The summed E-state index contributed by atoms with van der Waals surface area (Å²) in [5, 5.41) is 5.00. The van der Waals surface area contributed by atoms with Gasteiger partial charge in [-0.3, -0.25) is 4.79 Å². The van der Waals surface area contributed by atoms with Crippen molar-refractivity contribution in [2.45, 2.75) is 4.90 Å². The largest absolute Gasteiger partial charge is 0.496 e. The van der Waals surface area contributed by atoms with Gasteiger partial charge in [0.05, 0.1) is 12.0 Å². The molecule has 0 spiro atoms. The minimum Gasteiger partial charge on any atom is -0.496 e. The van der Waals surface area contributed by atoms with Crippen molar-refractivity contribution in [1.82, 2.24) is 4.90 Å². The Hall–Kier alpha value is -2.13. The Balaban J connectivity index is 3.04. The van der Waals surface area contributed by atoms with Crippen LogP contribution in [0.15, 0.2) is 23.1 Å². The Morgan fingerprint density at radius 1 is 1.29 bits per heavy atom. The quantitative estimate of drug-likeness (QED) is 0.738. The predicted octanol–water partition coefficient (Wildman–Crippen LogP) is -0.412. The summed E-state index contributed by atoms with van der Waals surface area (Å²) in [5.74, 6) is -1.18. The zero-order valence-corrected chi connectivity index (χ0v) is 12.6. The van der Waals surface area contributed by atoms with Crippen molar-refractivity contribution >= 4 is 21.9 Å². The highest BCUT2D eigenvalue weighted by atomic mass is 32.2. The number of sulfonamides is 1. The molecule has 0 aliphatic heterocycles. The Morgan fingerprint density at radius 2 is 1.90 bits per heavy atom. The van der Waals surface area contributed by atoms with Crippen LogP contribution in [0.1, 0.15) is 10.4 Å². The highest BCUT2D eigenvalue weighted by Crippen LogP contribution is 2.22. The second-order valence-electron chi connectivity index (χ2n) is 4.27. The molecule has 0 unspecified atom stereocenters. The van der Waals surface area contributed by atoms with Crippen molar-refractivity contribution in [2.75, 3.05) is 27.8 Å². The van der Waals surface area contributed by atoms with Gasteiger partial charge in [0.15, 0.2) is 6.61 Å². The Kier molecular flexibility index (Phi) is 5.28. The maximum atomic E-state index is 11.9. The van der Waals surface area contributed by atoms with Gasteiger partial charge in [0, 0.05) is 14.1 Å². The molecule has 2 N–H and O–H groups in total. The molecule has 0 saturated carbocycles. The molecule has 1 aromatic rings. The molecular weight excluding hydrogens is 300 g/mol. The fourth-order valence-electron chi connectivity index (χ4n) is 1.36. The number of carbonyl (C=O) groups is 2. The third-order valence-corrected chi connectivity index (χ3v) is 3.46. The van der Waals surface area contributed by atoms with Crippen molar-refractivity contribution < 1.29 is 27.5 Å². The molecule has 0 aliphatic rings. The van der Waals surface area contributed by atoms with Crippen molar-refractivity contribution in [2.24, 2.45) is 5.14 Å². The van der Waals surface area contributed by atoms with Gasteiger partial charge in [-0.25, -0.2) is 18.4 Å². The van der Waals surface area contributed by atoms with Crippen LogP contribution in [0.3, 0.4) is 0 Å². The first-order chi connectivity index (χ1) is 9.66. The molecule has 21 heavy (non-hydrogen) atoms. The molecule has 1 aromatic carbocycles. The summed E-state index contributed by atoms with van der Waals surface area (Å²) in [6, 6.07) is 3.52. The molecule has 9 heteroatoms. The standard InChI is InChI=1S/C12H16N2O6S/c1-14(2)11(15)7-20-12(16)9-6-8(21(13,17)18)4-5-10(9)19-3/h4-6H,7H2,1-3H3,(H2,13,17,18). The third-order valence-electron chi connectivity index (χ3n) is 2.54. The van der Waals surface area contributed by atoms with Crippen LogP contribution in [-0.2, 0) is 19.6 Å². The molecule has 1 rings (SSSR count). The number of nitrogens with two attached hydrogens (primary N) is 1. The lowest BCUT2D eigenvalue weighted by molar-refractivity contribution is -0.131. The Labute approximate surface area is 122 Å². The molecule has 0 heterocycles. The molecule has 0 aliphatic carbocycles. The zero-order chi connectivity index (χ0) is 16.2. The van der Waals surface area contributed by atoms with E-state index in [2.05, 4.69) is 0 Å². The first kappa shape index (κ1) is 16.9. The van der Waals surface area contributed by atoms with Gasteiger partial charge in [-0.1, -0.05) is 0 Å². The number of rotatable bonds is 5. The normalized spacial score (nSPS) is 10.9. The van der Waals surface area contributed by atoms with E-state index in [4.69, 9.17) is 14.6 Å². The highest BCUT2D eigenvalue weighted by Gasteiger charge is 2.19. The molecule has 116 valence electrons. The predicted molar refractivity (Wildman–Crippen MR) is 73.3 cm³/mol. The van der Waals surface area contributed by atoms with E-state index in [0.29, 0.717) is 0 Å². The van der Waals surface area contributed by atoms with Crippen LogP contribution in [0.5, 0.6) is 5.75 Å². The van der Waals surface area contributed by atoms with E-state index in [0.717, 1.165) is 6.07 Å². The lowest BCUT2D eigenvalue weighted by atomic mass is 10.2. The molecule has 0 bridgehead atoms. The minimum atomic E-state index is -3.97. The number of nitrogens with zero attached hydrogens (tertiary/aromatic N) is 1. The molecule has 0 atom stereocenters. The Morgan fingerprint density at radius 3 is 2.38 bits per heavy atom. The molecule has 1 amide bonds. The van der Waals surface area contributed by atoms with Crippen LogP contribution in [0, 0.1) is 0 Å². The SMILES string of the molecule is COc1ccc(S(N)(=O)=O)cc1C(=O)OCC(=O)N(C)C. The summed E-state index contributed by atoms with van der Waals surface area (Å²) in [6.45, 7) is -0.464. The second-order valence-corrected chi connectivity index (χ2v) is 5.83. The fraction of sp³-hybridized carbons (Fsp3) is 0.333. The number of hydrogen-bond donors (Lipinski definition) is 1. The number of carbonyl (C=O) groups excluding carboxylic acids is 2. The number of hydrogen-bond acceptors (Lipinski definition) is 6. The van der Waals surface area contributed by atoms with Gasteiger partial charge in [0.1, 0.15) is 11.3 Å². The summed E-state index contributed by atoms with van der Waals surface area (Å²) in [5.41, 5.74) is -0.129.